The van der Waals surface area contributed by atoms with Crippen LogP contribution >= 0.6 is 11.6 Å². The predicted octanol–water partition coefficient (Wildman–Crippen LogP) is 6.20. The Morgan fingerprint density at radius 2 is 1.83 bits per heavy atom. The van der Waals surface area contributed by atoms with Crippen LogP contribution in [-0.4, -0.2) is 15.8 Å². The smallest absolute Gasteiger partial charge is 0.163 e. The van der Waals surface area contributed by atoms with Gasteiger partial charge in [0, 0.05) is 46.5 Å². The summed E-state index contributed by atoms with van der Waals surface area (Å²) in [5.74, 6) is 1.43. The summed E-state index contributed by atoms with van der Waals surface area (Å²) >= 11 is 6.06. The van der Waals surface area contributed by atoms with Crippen molar-refractivity contribution in [2.24, 2.45) is 0 Å². The summed E-state index contributed by atoms with van der Waals surface area (Å²) in [5.41, 5.74) is 3.36. The molecule has 2 heterocycles. The number of carbonyl (C=O) groups is 1. The second-order valence-corrected chi connectivity index (χ2v) is 7.22. The molecule has 144 valence electrons. The van der Waals surface area contributed by atoms with Gasteiger partial charge in [-0.15, -0.1) is 0 Å². The maximum atomic E-state index is 12.8. The van der Waals surface area contributed by atoms with E-state index in [1.54, 1.807) is 24.7 Å². The molecule has 0 amide bonds. The fraction of sp³-hybridized carbons (Fsp3) is 0.125. The van der Waals surface area contributed by atoms with E-state index in [9.17, 15) is 4.79 Å². The first kappa shape index (κ1) is 19.1. The van der Waals surface area contributed by atoms with Gasteiger partial charge in [0.1, 0.15) is 11.5 Å². The highest BCUT2D eigenvalue weighted by Crippen LogP contribution is 2.33. The zero-order chi connectivity index (χ0) is 20.2. The van der Waals surface area contributed by atoms with Crippen LogP contribution in [-0.2, 0) is 6.42 Å². The number of rotatable bonds is 6. The number of hydrogen-bond donors (Lipinski definition) is 0. The van der Waals surface area contributed by atoms with Gasteiger partial charge in [0.15, 0.2) is 5.78 Å². The number of aromatic nitrogens is 2. The summed E-state index contributed by atoms with van der Waals surface area (Å²) in [7, 11) is 0. The summed E-state index contributed by atoms with van der Waals surface area (Å²) in [5, 5.41) is 1.49. The van der Waals surface area contributed by atoms with Crippen LogP contribution in [0.4, 0.5) is 0 Å². The number of hydrogen-bond acceptors (Lipinski definition) is 4. The molecule has 0 spiro atoms. The number of fused-ring (bicyclic) bond motifs is 1. The lowest BCUT2D eigenvalue weighted by Gasteiger charge is -2.13. The SMILES string of the molecule is Cc1c(Oc2ccnc3cc(Cl)ccc23)cccc1C(=O)CCc1ccncc1. The van der Waals surface area contributed by atoms with Gasteiger partial charge in [0.05, 0.1) is 5.52 Å². The van der Waals surface area contributed by atoms with Crippen LogP contribution in [0.3, 0.4) is 0 Å². The Kier molecular flexibility index (Phi) is 5.54. The molecule has 5 heteroatoms. The van der Waals surface area contributed by atoms with Crippen LogP contribution < -0.4 is 4.74 Å². The number of halogens is 1. The quantitative estimate of drug-likeness (QED) is 0.360. The lowest BCUT2D eigenvalue weighted by atomic mass is 9.99. The fourth-order valence-corrected chi connectivity index (χ4v) is 3.44. The van der Waals surface area contributed by atoms with E-state index in [4.69, 9.17) is 16.3 Å². The second-order valence-electron chi connectivity index (χ2n) is 6.78. The molecule has 0 aliphatic rings. The predicted molar refractivity (Wildman–Crippen MR) is 115 cm³/mol. The van der Waals surface area contributed by atoms with Gasteiger partial charge in [-0.05, 0) is 61.4 Å². The highest BCUT2D eigenvalue weighted by Gasteiger charge is 2.14. The van der Waals surface area contributed by atoms with Gasteiger partial charge in [-0.1, -0.05) is 23.7 Å². The highest BCUT2D eigenvalue weighted by molar-refractivity contribution is 6.31. The Balaban J connectivity index is 1.58. The summed E-state index contributed by atoms with van der Waals surface area (Å²) in [6.07, 6.45) is 6.29. The van der Waals surface area contributed by atoms with Gasteiger partial charge in [0.25, 0.3) is 0 Å². The van der Waals surface area contributed by atoms with Gasteiger partial charge in [-0.2, -0.15) is 0 Å². The molecule has 0 bridgehead atoms. The molecule has 0 aliphatic carbocycles. The van der Waals surface area contributed by atoms with Crippen molar-refractivity contribution in [2.45, 2.75) is 19.8 Å². The van der Waals surface area contributed by atoms with Crippen LogP contribution in [0.25, 0.3) is 10.9 Å². The number of Topliss-reactive ketones (excluding diaryl/α,β-unsaturated/α-hetero) is 1. The maximum absolute atomic E-state index is 12.8. The Morgan fingerprint density at radius 3 is 2.66 bits per heavy atom. The van der Waals surface area contributed by atoms with Crippen molar-refractivity contribution < 1.29 is 9.53 Å². The normalized spacial score (nSPS) is 10.8. The van der Waals surface area contributed by atoms with Crippen molar-refractivity contribution in [2.75, 3.05) is 0 Å². The Morgan fingerprint density at radius 1 is 1.00 bits per heavy atom. The first-order valence-corrected chi connectivity index (χ1v) is 9.73. The van der Waals surface area contributed by atoms with Crippen molar-refractivity contribution in [1.29, 1.82) is 0 Å². The largest absolute Gasteiger partial charge is 0.456 e. The minimum Gasteiger partial charge on any atom is -0.456 e. The Labute approximate surface area is 174 Å². The first-order chi connectivity index (χ1) is 14.1. The number of carbonyl (C=O) groups excluding carboxylic acids is 1. The van der Waals surface area contributed by atoms with Crippen LogP contribution in [0.1, 0.15) is 27.9 Å². The molecule has 0 N–H and O–H groups in total. The maximum Gasteiger partial charge on any atom is 0.163 e. The van der Waals surface area contributed by atoms with Crippen molar-refractivity contribution in [3.8, 4) is 11.5 Å². The third-order valence-electron chi connectivity index (χ3n) is 4.86. The summed E-state index contributed by atoms with van der Waals surface area (Å²) in [4.78, 5) is 21.1. The van der Waals surface area contributed by atoms with Crippen LogP contribution in [0.15, 0.2) is 73.2 Å². The molecule has 2 aromatic heterocycles. The molecule has 0 saturated carbocycles. The Bertz CT molecular complexity index is 1180. The Hall–Kier alpha value is -3.24. The van der Waals surface area contributed by atoms with Crippen molar-refractivity contribution in [3.63, 3.8) is 0 Å². The van der Waals surface area contributed by atoms with E-state index in [-0.39, 0.29) is 5.78 Å². The van der Waals surface area contributed by atoms with E-state index in [0.717, 1.165) is 22.0 Å². The standard InChI is InChI=1S/C24H19ClN2O2/c1-16-19(22(28)8-5-17-9-12-26-13-10-17)3-2-4-23(16)29-24-11-14-27-21-15-18(25)6-7-20(21)24/h2-4,6-7,9-15H,5,8H2,1H3. The topological polar surface area (TPSA) is 52.1 Å². The van der Waals surface area contributed by atoms with E-state index < -0.39 is 0 Å². The molecule has 0 atom stereocenters. The minimum atomic E-state index is 0.0936. The van der Waals surface area contributed by atoms with Gasteiger partial charge < -0.3 is 4.74 Å². The molecule has 4 nitrogen and oxygen atoms in total. The number of benzene rings is 2. The lowest BCUT2D eigenvalue weighted by Crippen LogP contribution is -2.04. The molecule has 2 aromatic carbocycles. The van der Waals surface area contributed by atoms with Crippen molar-refractivity contribution >= 4 is 28.3 Å². The second kappa shape index (κ2) is 8.41. The average molecular weight is 403 g/mol. The van der Waals surface area contributed by atoms with Gasteiger partial charge in [-0.3, -0.25) is 14.8 Å². The van der Waals surface area contributed by atoms with Gasteiger partial charge >= 0.3 is 0 Å². The van der Waals surface area contributed by atoms with E-state index in [2.05, 4.69) is 9.97 Å². The number of ketones is 1. The van der Waals surface area contributed by atoms with Crippen LogP contribution in [0, 0.1) is 6.92 Å². The summed E-state index contributed by atoms with van der Waals surface area (Å²) < 4.78 is 6.17. The van der Waals surface area contributed by atoms with Crippen LogP contribution in [0.2, 0.25) is 5.02 Å². The molecule has 0 saturated heterocycles. The van der Waals surface area contributed by atoms with E-state index in [1.165, 1.54) is 0 Å². The molecular weight excluding hydrogens is 384 g/mol. The first-order valence-electron chi connectivity index (χ1n) is 9.35. The van der Waals surface area contributed by atoms with Gasteiger partial charge in [0.2, 0.25) is 0 Å². The van der Waals surface area contributed by atoms with Crippen molar-refractivity contribution in [1.82, 2.24) is 9.97 Å². The fourth-order valence-electron chi connectivity index (χ4n) is 3.27. The molecule has 4 rings (SSSR count). The molecule has 29 heavy (non-hydrogen) atoms. The molecule has 4 aromatic rings. The third-order valence-corrected chi connectivity index (χ3v) is 5.09. The third kappa shape index (κ3) is 4.28. The lowest BCUT2D eigenvalue weighted by molar-refractivity contribution is 0.0982. The zero-order valence-electron chi connectivity index (χ0n) is 15.9. The van der Waals surface area contributed by atoms with E-state index in [1.807, 2.05) is 55.5 Å². The average Bonchev–Trinajstić information content (AvgIpc) is 2.74. The van der Waals surface area contributed by atoms with E-state index in [0.29, 0.717) is 34.9 Å². The number of aryl methyl sites for hydroxylation is 1. The highest BCUT2D eigenvalue weighted by atomic mass is 35.5. The number of nitrogens with zero attached hydrogens (tertiary/aromatic N) is 2. The molecule has 0 aliphatic heterocycles. The number of pyridine rings is 2. The zero-order valence-corrected chi connectivity index (χ0v) is 16.7. The number of ether oxygens (including phenoxy) is 1. The monoisotopic (exact) mass is 402 g/mol. The van der Waals surface area contributed by atoms with Crippen LogP contribution in [0.5, 0.6) is 11.5 Å². The molecule has 0 fully saturated rings. The van der Waals surface area contributed by atoms with Crippen molar-refractivity contribution in [3.05, 3.63) is 94.9 Å². The summed E-state index contributed by atoms with van der Waals surface area (Å²) in [6, 6.07) is 16.7. The summed E-state index contributed by atoms with van der Waals surface area (Å²) in [6.45, 7) is 1.91. The minimum absolute atomic E-state index is 0.0936. The van der Waals surface area contributed by atoms with E-state index >= 15 is 0 Å². The molecular formula is C24H19ClN2O2. The molecule has 0 radical (unpaired) electrons. The van der Waals surface area contributed by atoms with Gasteiger partial charge in [-0.25, -0.2) is 0 Å². The molecule has 0 unspecified atom stereocenters.